The maximum atomic E-state index is 11.9. The molecular weight excluding hydrogens is 346 g/mol. The first-order valence-corrected chi connectivity index (χ1v) is 8.87. The summed E-state index contributed by atoms with van der Waals surface area (Å²) in [6, 6.07) is 10.5. The second-order valence-corrected chi connectivity index (χ2v) is 6.53. The topological polar surface area (TPSA) is 108 Å². The Hall–Kier alpha value is -3.14. The van der Waals surface area contributed by atoms with Crippen molar-refractivity contribution in [2.75, 3.05) is 6.61 Å². The van der Waals surface area contributed by atoms with Gasteiger partial charge in [-0.2, -0.15) is 5.26 Å². The molecule has 1 saturated carbocycles. The highest BCUT2D eigenvalue weighted by Gasteiger charge is 2.35. The van der Waals surface area contributed by atoms with Crippen molar-refractivity contribution in [2.45, 2.75) is 44.2 Å². The van der Waals surface area contributed by atoms with Gasteiger partial charge in [-0.1, -0.05) is 30.3 Å². The van der Waals surface area contributed by atoms with Crippen LogP contribution in [0.15, 0.2) is 36.4 Å². The Morgan fingerprint density at radius 2 is 1.93 bits per heavy atom. The number of carbonyl (C=O) groups is 3. The van der Waals surface area contributed by atoms with Crippen molar-refractivity contribution in [3.05, 3.63) is 42.0 Å². The second-order valence-electron chi connectivity index (χ2n) is 6.53. The van der Waals surface area contributed by atoms with Crippen molar-refractivity contribution in [3.63, 3.8) is 0 Å². The molecule has 2 amide bonds. The maximum absolute atomic E-state index is 11.9. The predicted molar refractivity (Wildman–Crippen MR) is 99.0 cm³/mol. The zero-order chi connectivity index (χ0) is 19.7. The van der Waals surface area contributed by atoms with E-state index in [0.717, 1.165) is 18.4 Å². The zero-order valence-corrected chi connectivity index (χ0v) is 15.2. The first kappa shape index (κ1) is 20.2. The third kappa shape index (κ3) is 6.26. The Balaban J connectivity index is 1.75. The molecule has 0 saturated heterocycles. The van der Waals surface area contributed by atoms with Crippen LogP contribution in [-0.2, 0) is 19.1 Å². The highest BCUT2D eigenvalue weighted by molar-refractivity contribution is 5.94. The number of benzene rings is 1. The lowest BCUT2D eigenvalue weighted by Gasteiger charge is -2.22. The van der Waals surface area contributed by atoms with Crippen LogP contribution in [0.4, 0.5) is 0 Å². The fraction of sp³-hybridized carbons (Fsp3) is 0.400. The van der Waals surface area contributed by atoms with Crippen LogP contribution >= 0.6 is 0 Å². The molecule has 2 rings (SSSR count). The zero-order valence-electron chi connectivity index (χ0n) is 15.2. The van der Waals surface area contributed by atoms with Crippen molar-refractivity contribution in [2.24, 2.45) is 0 Å². The normalized spacial score (nSPS) is 16.3. The quantitative estimate of drug-likeness (QED) is 0.562. The highest BCUT2D eigenvalue weighted by Crippen LogP contribution is 2.28. The number of nitrogens with zero attached hydrogens (tertiary/aromatic N) is 1. The van der Waals surface area contributed by atoms with E-state index in [9.17, 15) is 19.6 Å². The van der Waals surface area contributed by atoms with Crippen LogP contribution in [0.2, 0.25) is 0 Å². The summed E-state index contributed by atoms with van der Waals surface area (Å²) in [5, 5.41) is 14.4. The Labute approximate surface area is 158 Å². The van der Waals surface area contributed by atoms with Crippen LogP contribution in [0.25, 0.3) is 6.08 Å². The second kappa shape index (κ2) is 9.53. The van der Waals surface area contributed by atoms with Gasteiger partial charge >= 0.3 is 5.97 Å². The highest BCUT2D eigenvalue weighted by atomic mass is 16.5. The summed E-state index contributed by atoms with van der Waals surface area (Å²) < 4.78 is 4.93. The van der Waals surface area contributed by atoms with Gasteiger partial charge in [0.15, 0.2) is 6.61 Å². The fourth-order valence-corrected chi connectivity index (χ4v) is 2.86. The van der Waals surface area contributed by atoms with Gasteiger partial charge in [-0.05, 0) is 44.2 Å². The molecule has 0 spiro atoms. The van der Waals surface area contributed by atoms with Crippen LogP contribution < -0.4 is 10.6 Å². The van der Waals surface area contributed by atoms with Gasteiger partial charge in [0.1, 0.15) is 11.6 Å². The molecule has 0 heterocycles. The van der Waals surface area contributed by atoms with Crippen LogP contribution in [0.3, 0.4) is 0 Å². The number of nitrogens with one attached hydrogen (secondary N) is 2. The molecule has 7 nitrogen and oxygen atoms in total. The van der Waals surface area contributed by atoms with E-state index in [-0.39, 0.29) is 0 Å². The molecule has 2 N–H and O–H groups in total. The average molecular weight is 369 g/mol. The average Bonchev–Trinajstić information content (AvgIpc) is 3.14. The molecule has 142 valence electrons. The molecular formula is C20H23N3O4. The predicted octanol–water partition coefficient (Wildman–Crippen LogP) is 1.70. The number of nitriles is 1. The van der Waals surface area contributed by atoms with E-state index in [0.29, 0.717) is 12.8 Å². The van der Waals surface area contributed by atoms with E-state index < -0.39 is 36.0 Å². The summed E-state index contributed by atoms with van der Waals surface area (Å²) in [4.78, 5) is 35.7. The van der Waals surface area contributed by atoms with Gasteiger partial charge in [0, 0.05) is 6.08 Å². The van der Waals surface area contributed by atoms with Crippen molar-refractivity contribution in [1.82, 2.24) is 10.6 Å². The van der Waals surface area contributed by atoms with Gasteiger partial charge in [-0.25, -0.2) is 4.79 Å². The number of rotatable bonds is 7. The van der Waals surface area contributed by atoms with E-state index in [1.807, 2.05) is 30.3 Å². The van der Waals surface area contributed by atoms with E-state index >= 15 is 0 Å². The molecule has 0 aliphatic heterocycles. The monoisotopic (exact) mass is 369 g/mol. The molecule has 1 aliphatic carbocycles. The summed E-state index contributed by atoms with van der Waals surface area (Å²) >= 11 is 0. The minimum atomic E-state index is -0.901. The Morgan fingerprint density at radius 1 is 1.26 bits per heavy atom. The minimum Gasteiger partial charge on any atom is -0.454 e. The summed E-state index contributed by atoms with van der Waals surface area (Å²) in [6.07, 6.45) is 5.92. The Bertz CT molecular complexity index is 746. The van der Waals surface area contributed by atoms with Crippen LogP contribution in [-0.4, -0.2) is 36.0 Å². The molecule has 0 aromatic heterocycles. The van der Waals surface area contributed by atoms with Crippen LogP contribution in [0.5, 0.6) is 0 Å². The van der Waals surface area contributed by atoms with E-state index in [1.165, 1.54) is 13.0 Å². The number of ether oxygens (including phenoxy) is 1. The largest absolute Gasteiger partial charge is 0.454 e. The molecule has 0 radical (unpaired) electrons. The van der Waals surface area contributed by atoms with Crippen molar-refractivity contribution < 1.29 is 19.1 Å². The summed E-state index contributed by atoms with van der Waals surface area (Å²) in [5.74, 6) is -1.68. The molecule has 1 aromatic carbocycles. The minimum absolute atomic E-state index is 0.442. The first-order chi connectivity index (χ1) is 12.9. The third-order valence-electron chi connectivity index (χ3n) is 4.33. The van der Waals surface area contributed by atoms with Gasteiger partial charge in [0.25, 0.3) is 5.91 Å². The molecule has 1 aliphatic rings. The standard InChI is InChI=1S/C20H23N3O4/c1-15(22-17(24)10-9-16-7-3-2-4-8-16)19(26)27-13-18(25)23-20(14-21)11-5-6-12-20/h2-4,7-10,15H,5-6,11-13H2,1H3,(H,22,24)(H,23,25)/b10-9+/t15-/m0/s1. The number of hydrogen-bond donors (Lipinski definition) is 2. The smallest absolute Gasteiger partial charge is 0.328 e. The molecule has 0 unspecified atom stereocenters. The molecule has 27 heavy (non-hydrogen) atoms. The van der Waals surface area contributed by atoms with E-state index in [2.05, 4.69) is 16.7 Å². The Morgan fingerprint density at radius 3 is 2.56 bits per heavy atom. The molecule has 1 fully saturated rings. The van der Waals surface area contributed by atoms with Crippen molar-refractivity contribution in [3.8, 4) is 6.07 Å². The van der Waals surface area contributed by atoms with Gasteiger partial charge in [0.05, 0.1) is 6.07 Å². The summed E-state index contributed by atoms with van der Waals surface area (Å²) in [7, 11) is 0. The van der Waals surface area contributed by atoms with Crippen molar-refractivity contribution in [1.29, 1.82) is 5.26 Å². The van der Waals surface area contributed by atoms with E-state index in [1.54, 1.807) is 6.08 Å². The van der Waals surface area contributed by atoms with Crippen molar-refractivity contribution >= 4 is 23.9 Å². The number of carbonyl (C=O) groups excluding carboxylic acids is 3. The van der Waals surface area contributed by atoms with Gasteiger partial charge < -0.3 is 15.4 Å². The van der Waals surface area contributed by atoms with Gasteiger partial charge in [-0.3, -0.25) is 9.59 Å². The van der Waals surface area contributed by atoms with E-state index in [4.69, 9.17) is 4.74 Å². The number of esters is 1. The lowest BCUT2D eigenvalue weighted by molar-refractivity contribution is -0.151. The SMILES string of the molecule is C[C@H](NC(=O)/C=C/c1ccccc1)C(=O)OCC(=O)NC1(C#N)CCCC1. The summed E-state index contributed by atoms with van der Waals surface area (Å²) in [5.41, 5.74) is 0.00355. The van der Waals surface area contributed by atoms with Gasteiger partial charge in [-0.15, -0.1) is 0 Å². The lowest BCUT2D eigenvalue weighted by atomic mass is 10.00. The van der Waals surface area contributed by atoms with Gasteiger partial charge in [0.2, 0.25) is 5.91 Å². The fourth-order valence-electron chi connectivity index (χ4n) is 2.86. The molecule has 0 bridgehead atoms. The molecule has 1 aromatic rings. The lowest BCUT2D eigenvalue weighted by Crippen LogP contribution is -2.47. The third-order valence-corrected chi connectivity index (χ3v) is 4.33. The number of hydrogen-bond acceptors (Lipinski definition) is 5. The maximum Gasteiger partial charge on any atom is 0.328 e. The molecule has 1 atom stereocenters. The Kier molecular flexibility index (Phi) is 7.12. The number of amides is 2. The van der Waals surface area contributed by atoms with Crippen LogP contribution in [0, 0.1) is 11.3 Å². The summed E-state index contributed by atoms with van der Waals surface area (Å²) in [6.45, 7) is 0.991. The van der Waals surface area contributed by atoms with Crippen LogP contribution in [0.1, 0.15) is 38.2 Å². The molecule has 7 heteroatoms. The first-order valence-electron chi connectivity index (χ1n) is 8.87.